The van der Waals surface area contributed by atoms with Gasteiger partial charge in [0.25, 0.3) is 0 Å². The molecule has 0 amide bonds. The summed E-state index contributed by atoms with van der Waals surface area (Å²) in [7, 11) is 0. The molecule has 0 aliphatic carbocycles. The molecular weight excluding hydrogens is 196 g/mol. The summed E-state index contributed by atoms with van der Waals surface area (Å²) in [6, 6.07) is 0. The van der Waals surface area contributed by atoms with Gasteiger partial charge in [-0.3, -0.25) is 0 Å². The summed E-state index contributed by atoms with van der Waals surface area (Å²) in [5, 5.41) is 8.93. The van der Waals surface area contributed by atoms with Crippen LogP contribution in [-0.2, 0) is 0 Å². The Morgan fingerprint density at radius 3 is 2.38 bits per heavy atom. The molecule has 92 valence electrons. The Kier molecular flexibility index (Phi) is 8.93. The highest BCUT2D eigenvalue weighted by Crippen LogP contribution is 2.12. The fourth-order valence-electron chi connectivity index (χ4n) is 1.60. The third-order valence-electron chi connectivity index (χ3n) is 2.63. The quantitative estimate of drug-likeness (QED) is 0.609. The molecule has 0 rings (SSSR count). The van der Waals surface area contributed by atoms with E-state index in [1.807, 2.05) is 13.0 Å². The first-order valence-electron chi connectivity index (χ1n) is 6.14. The molecule has 0 saturated carbocycles. The zero-order chi connectivity index (χ0) is 12.4. The number of aliphatic hydroxyl groups excluding tert-OH is 1. The van der Waals surface area contributed by atoms with Crippen molar-refractivity contribution in [3.05, 3.63) is 36.0 Å². The molecular formula is C15H26O. The summed E-state index contributed by atoms with van der Waals surface area (Å²) in [6.45, 7) is 10.3. The second kappa shape index (κ2) is 9.41. The van der Waals surface area contributed by atoms with Crippen molar-refractivity contribution in [2.75, 3.05) is 6.61 Å². The Hall–Kier alpha value is -0.820. The van der Waals surface area contributed by atoms with Crippen LogP contribution in [0.3, 0.4) is 0 Å². The SMILES string of the molecule is C=CCC/C(C)=C/CC/C(C)=C/C(C)CO. The molecule has 1 heteroatoms. The molecule has 1 N–H and O–H groups in total. The lowest BCUT2D eigenvalue weighted by Gasteiger charge is -2.04. The number of allylic oxidation sites excluding steroid dienone is 4. The van der Waals surface area contributed by atoms with Crippen LogP contribution in [0.1, 0.15) is 46.5 Å². The van der Waals surface area contributed by atoms with Gasteiger partial charge in [-0.05, 0) is 45.4 Å². The molecule has 0 bridgehead atoms. The van der Waals surface area contributed by atoms with E-state index in [0.717, 1.165) is 25.7 Å². The van der Waals surface area contributed by atoms with Crippen LogP contribution in [0.25, 0.3) is 0 Å². The Bertz CT molecular complexity index is 248. The number of hydrogen-bond acceptors (Lipinski definition) is 1. The minimum atomic E-state index is 0.242. The van der Waals surface area contributed by atoms with Crippen molar-refractivity contribution in [2.24, 2.45) is 5.92 Å². The van der Waals surface area contributed by atoms with E-state index in [4.69, 9.17) is 5.11 Å². The van der Waals surface area contributed by atoms with Crippen LogP contribution in [0.2, 0.25) is 0 Å². The lowest BCUT2D eigenvalue weighted by atomic mass is 10.0. The van der Waals surface area contributed by atoms with Gasteiger partial charge in [0.2, 0.25) is 0 Å². The van der Waals surface area contributed by atoms with Crippen LogP contribution in [0, 0.1) is 5.92 Å². The van der Waals surface area contributed by atoms with Gasteiger partial charge in [-0.15, -0.1) is 6.58 Å². The van der Waals surface area contributed by atoms with E-state index in [2.05, 4.69) is 32.6 Å². The Labute approximate surface area is 101 Å². The van der Waals surface area contributed by atoms with E-state index in [-0.39, 0.29) is 12.5 Å². The highest BCUT2D eigenvalue weighted by atomic mass is 16.3. The van der Waals surface area contributed by atoms with E-state index in [0.29, 0.717) is 0 Å². The van der Waals surface area contributed by atoms with E-state index >= 15 is 0 Å². The summed E-state index contributed by atoms with van der Waals surface area (Å²) in [6.07, 6.45) is 10.8. The average molecular weight is 222 g/mol. The summed E-state index contributed by atoms with van der Waals surface area (Å²) in [5.41, 5.74) is 2.82. The molecule has 0 aromatic heterocycles. The standard InChI is InChI=1S/C15H26O/c1-5-6-8-13(2)9-7-10-14(3)11-15(4)12-16/h5,9,11,15-16H,1,6-8,10,12H2,2-4H3/b13-9+,14-11+. The predicted octanol–water partition coefficient (Wildman–Crippen LogP) is 4.25. The van der Waals surface area contributed by atoms with Crippen molar-refractivity contribution >= 4 is 0 Å². The Morgan fingerprint density at radius 2 is 1.81 bits per heavy atom. The smallest absolute Gasteiger partial charge is 0.0491 e. The molecule has 0 aliphatic rings. The van der Waals surface area contributed by atoms with E-state index in [9.17, 15) is 0 Å². The van der Waals surface area contributed by atoms with Crippen molar-refractivity contribution < 1.29 is 5.11 Å². The lowest BCUT2D eigenvalue weighted by molar-refractivity contribution is 0.261. The van der Waals surface area contributed by atoms with Crippen LogP contribution in [0.4, 0.5) is 0 Å². The van der Waals surface area contributed by atoms with Gasteiger partial charge in [0.15, 0.2) is 0 Å². The van der Waals surface area contributed by atoms with Crippen LogP contribution in [0.15, 0.2) is 36.0 Å². The molecule has 0 radical (unpaired) electrons. The molecule has 0 saturated heterocycles. The third-order valence-corrected chi connectivity index (χ3v) is 2.63. The number of aliphatic hydroxyl groups is 1. The normalized spacial score (nSPS) is 15.0. The molecule has 0 fully saturated rings. The third kappa shape index (κ3) is 8.49. The van der Waals surface area contributed by atoms with Crippen LogP contribution < -0.4 is 0 Å². The molecule has 0 heterocycles. The first-order chi connectivity index (χ1) is 7.60. The fourth-order valence-corrected chi connectivity index (χ4v) is 1.60. The lowest BCUT2D eigenvalue weighted by Crippen LogP contribution is -1.96. The topological polar surface area (TPSA) is 20.2 Å². The second-order valence-corrected chi connectivity index (χ2v) is 4.59. The zero-order valence-corrected chi connectivity index (χ0v) is 11.0. The molecule has 1 atom stereocenters. The van der Waals surface area contributed by atoms with Gasteiger partial charge < -0.3 is 5.11 Å². The maximum atomic E-state index is 8.93. The van der Waals surface area contributed by atoms with E-state index in [1.165, 1.54) is 11.1 Å². The molecule has 0 aromatic carbocycles. The number of hydrogen-bond donors (Lipinski definition) is 1. The largest absolute Gasteiger partial charge is 0.396 e. The Balaban J connectivity index is 3.87. The van der Waals surface area contributed by atoms with Gasteiger partial charge in [-0.25, -0.2) is 0 Å². The van der Waals surface area contributed by atoms with Crippen molar-refractivity contribution in [1.82, 2.24) is 0 Å². The van der Waals surface area contributed by atoms with Crippen molar-refractivity contribution in [1.29, 1.82) is 0 Å². The molecule has 16 heavy (non-hydrogen) atoms. The summed E-state index contributed by atoms with van der Waals surface area (Å²) in [4.78, 5) is 0. The monoisotopic (exact) mass is 222 g/mol. The minimum absolute atomic E-state index is 0.242. The summed E-state index contributed by atoms with van der Waals surface area (Å²) in [5.74, 6) is 0.283. The molecule has 0 spiro atoms. The fraction of sp³-hybridized carbons (Fsp3) is 0.600. The summed E-state index contributed by atoms with van der Waals surface area (Å²) >= 11 is 0. The van der Waals surface area contributed by atoms with Gasteiger partial charge in [-0.2, -0.15) is 0 Å². The maximum Gasteiger partial charge on any atom is 0.0491 e. The van der Waals surface area contributed by atoms with Gasteiger partial charge in [0, 0.05) is 6.61 Å². The average Bonchev–Trinajstić information content (AvgIpc) is 2.26. The first-order valence-corrected chi connectivity index (χ1v) is 6.14. The highest BCUT2D eigenvalue weighted by molar-refractivity contribution is 5.05. The molecule has 0 aromatic rings. The van der Waals surface area contributed by atoms with Crippen molar-refractivity contribution in [3.63, 3.8) is 0 Å². The van der Waals surface area contributed by atoms with E-state index in [1.54, 1.807) is 0 Å². The summed E-state index contributed by atoms with van der Waals surface area (Å²) < 4.78 is 0. The molecule has 1 unspecified atom stereocenters. The van der Waals surface area contributed by atoms with Crippen LogP contribution in [-0.4, -0.2) is 11.7 Å². The van der Waals surface area contributed by atoms with Crippen molar-refractivity contribution in [2.45, 2.75) is 46.5 Å². The predicted molar refractivity (Wildman–Crippen MR) is 72.4 cm³/mol. The molecule has 1 nitrogen and oxygen atoms in total. The van der Waals surface area contributed by atoms with Gasteiger partial charge >= 0.3 is 0 Å². The second-order valence-electron chi connectivity index (χ2n) is 4.59. The first kappa shape index (κ1) is 15.2. The number of rotatable bonds is 8. The minimum Gasteiger partial charge on any atom is -0.396 e. The molecule has 0 aliphatic heterocycles. The van der Waals surface area contributed by atoms with E-state index < -0.39 is 0 Å². The van der Waals surface area contributed by atoms with Crippen molar-refractivity contribution in [3.8, 4) is 0 Å². The van der Waals surface area contributed by atoms with Gasteiger partial charge in [0.1, 0.15) is 0 Å². The highest BCUT2D eigenvalue weighted by Gasteiger charge is 1.96. The maximum absolute atomic E-state index is 8.93. The zero-order valence-electron chi connectivity index (χ0n) is 11.0. The Morgan fingerprint density at radius 1 is 1.19 bits per heavy atom. The van der Waals surface area contributed by atoms with Crippen LogP contribution in [0.5, 0.6) is 0 Å². The van der Waals surface area contributed by atoms with Gasteiger partial charge in [0.05, 0.1) is 0 Å². The van der Waals surface area contributed by atoms with Gasteiger partial charge in [-0.1, -0.05) is 36.3 Å². The van der Waals surface area contributed by atoms with Crippen LogP contribution >= 0.6 is 0 Å².